The van der Waals surface area contributed by atoms with Gasteiger partial charge in [0.1, 0.15) is 12.1 Å². The number of nitrogens with two attached hydrogens (primary N) is 1. The van der Waals surface area contributed by atoms with Gasteiger partial charge in [0.2, 0.25) is 0 Å². The lowest BCUT2D eigenvalue weighted by molar-refractivity contribution is 0.167. The Bertz CT molecular complexity index is 675. The smallest absolute Gasteiger partial charge is 0.407 e. The summed E-state index contributed by atoms with van der Waals surface area (Å²) in [6.07, 6.45) is 2.00. The van der Waals surface area contributed by atoms with Crippen LogP contribution >= 0.6 is 0 Å². The van der Waals surface area contributed by atoms with Gasteiger partial charge in [-0.25, -0.2) is 14.8 Å². The van der Waals surface area contributed by atoms with E-state index in [0.717, 1.165) is 29.7 Å². The van der Waals surface area contributed by atoms with Crippen molar-refractivity contribution >= 4 is 28.5 Å². The van der Waals surface area contributed by atoms with Gasteiger partial charge in [-0.05, 0) is 24.6 Å². The van der Waals surface area contributed by atoms with E-state index in [1.807, 2.05) is 18.2 Å². The van der Waals surface area contributed by atoms with Crippen LogP contribution in [0.5, 0.6) is 0 Å². The van der Waals surface area contributed by atoms with Crippen molar-refractivity contribution in [1.29, 1.82) is 0 Å². The van der Waals surface area contributed by atoms with Gasteiger partial charge in [0, 0.05) is 24.2 Å². The Morgan fingerprint density at radius 1 is 1.48 bits per heavy atom. The van der Waals surface area contributed by atoms with Crippen LogP contribution in [0.3, 0.4) is 0 Å². The van der Waals surface area contributed by atoms with Gasteiger partial charge < -0.3 is 20.7 Å². The van der Waals surface area contributed by atoms with E-state index in [4.69, 9.17) is 5.73 Å². The van der Waals surface area contributed by atoms with Crippen LogP contribution in [0, 0.1) is 0 Å². The largest absolute Gasteiger partial charge is 0.453 e. The normalized spacial score (nSPS) is 18.0. The molecule has 1 atom stereocenters. The number of carbonyl (C=O) groups excluding carboxylic acids is 1. The molecule has 21 heavy (non-hydrogen) atoms. The van der Waals surface area contributed by atoms with Crippen LogP contribution in [-0.4, -0.2) is 42.3 Å². The van der Waals surface area contributed by atoms with E-state index >= 15 is 0 Å². The minimum Gasteiger partial charge on any atom is -0.453 e. The number of aromatic nitrogens is 2. The van der Waals surface area contributed by atoms with E-state index in [2.05, 4.69) is 24.9 Å². The zero-order valence-electron chi connectivity index (χ0n) is 11.7. The van der Waals surface area contributed by atoms with Crippen LogP contribution in [0.1, 0.15) is 6.42 Å². The summed E-state index contributed by atoms with van der Waals surface area (Å²) in [7, 11) is 1.36. The Morgan fingerprint density at radius 3 is 3.14 bits per heavy atom. The van der Waals surface area contributed by atoms with E-state index in [1.165, 1.54) is 7.11 Å². The van der Waals surface area contributed by atoms with E-state index in [9.17, 15) is 4.79 Å². The van der Waals surface area contributed by atoms with Gasteiger partial charge >= 0.3 is 6.09 Å². The highest BCUT2D eigenvalue weighted by atomic mass is 16.5. The number of rotatable bonds is 2. The second kappa shape index (κ2) is 5.43. The standard InChI is InChI=1S/C14H17N5O2/c1-21-14(20)18-10-4-5-19(7-10)13-11-6-9(15)2-3-12(11)16-8-17-13/h2-3,6,8,10H,4-5,7,15H2,1H3,(H,18,20). The Labute approximate surface area is 122 Å². The van der Waals surface area contributed by atoms with E-state index in [1.54, 1.807) is 6.33 Å². The number of ether oxygens (including phenoxy) is 1. The van der Waals surface area contributed by atoms with Gasteiger partial charge in [-0.3, -0.25) is 0 Å². The molecule has 1 aromatic heterocycles. The van der Waals surface area contributed by atoms with E-state index < -0.39 is 6.09 Å². The number of amides is 1. The second-order valence-electron chi connectivity index (χ2n) is 5.04. The number of carbonyl (C=O) groups is 1. The average molecular weight is 287 g/mol. The number of nitrogens with zero attached hydrogens (tertiary/aromatic N) is 3. The van der Waals surface area contributed by atoms with Crippen molar-refractivity contribution in [3.63, 3.8) is 0 Å². The molecule has 0 radical (unpaired) electrons. The minimum absolute atomic E-state index is 0.0588. The molecule has 1 amide bonds. The van der Waals surface area contributed by atoms with E-state index in [-0.39, 0.29) is 6.04 Å². The van der Waals surface area contributed by atoms with Crippen molar-refractivity contribution in [3.05, 3.63) is 24.5 Å². The number of nitrogen functional groups attached to an aromatic ring is 1. The maximum atomic E-state index is 11.3. The molecule has 0 spiro atoms. The number of benzene rings is 1. The molecule has 1 saturated heterocycles. The second-order valence-corrected chi connectivity index (χ2v) is 5.04. The highest BCUT2D eigenvalue weighted by molar-refractivity contribution is 5.91. The molecule has 7 nitrogen and oxygen atoms in total. The fourth-order valence-electron chi connectivity index (χ4n) is 2.61. The summed E-state index contributed by atoms with van der Waals surface area (Å²) in [5.74, 6) is 0.849. The van der Waals surface area contributed by atoms with Crippen molar-refractivity contribution in [2.45, 2.75) is 12.5 Å². The highest BCUT2D eigenvalue weighted by Gasteiger charge is 2.26. The molecule has 7 heteroatoms. The fraction of sp³-hybridized carbons (Fsp3) is 0.357. The number of fused-ring (bicyclic) bond motifs is 1. The number of hydrogen-bond donors (Lipinski definition) is 2. The average Bonchev–Trinajstić information content (AvgIpc) is 2.94. The van der Waals surface area contributed by atoms with Crippen molar-refractivity contribution in [3.8, 4) is 0 Å². The van der Waals surface area contributed by atoms with Crippen molar-refractivity contribution in [1.82, 2.24) is 15.3 Å². The maximum Gasteiger partial charge on any atom is 0.407 e. The van der Waals surface area contributed by atoms with Crippen LogP contribution in [0.2, 0.25) is 0 Å². The molecule has 1 aliphatic heterocycles. The SMILES string of the molecule is COC(=O)NC1CCN(c2ncnc3ccc(N)cc23)C1. The summed E-state index contributed by atoms with van der Waals surface area (Å²) in [5, 5.41) is 3.74. The van der Waals surface area contributed by atoms with Crippen LogP contribution in [-0.2, 0) is 4.74 Å². The van der Waals surface area contributed by atoms with Gasteiger partial charge in [0.05, 0.1) is 18.7 Å². The zero-order valence-corrected chi connectivity index (χ0v) is 11.7. The first kappa shape index (κ1) is 13.4. The summed E-state index contributed by atoms with van der Waals surface area (Å²) in [6, 6.07) is 5.65. The maximum absolute atomic E-state index is 11.3. The molecule has 1 aromatic carbocycles. The predicted octanol–water partition coefficient (Wildman–Crippen LogP) is 1.15. The molecule has 0 saturated carbocycles. The third-order valence-electron chi connectivity index (χ3n) is 3.63. The van der Waals surface area contributed by atoms with Crippen molar-refractivity contribution < 1.29 is 9.53 Å². The molecule has 2 aromatic rings. The predicted molar refractivity (Wildman–Crippen MR) is 80.1 cm³/mol. The Morgan fingerprint density at radius 2 is 2.33 bits per heavy atom. The number of anilines is 2. The molecular weight excluding hydrogens is 270 g/mol. The first-order valence-corrected chi connectivity index (χ1v) is 6.77. The van der Waals surface area contributed by atoms with Crippen LogP contribution in [0.25, 0.3) is 10.9 Å². The van der Waals surface area contributed by atoms with Gasteiger partial charge in [0.25, 0.3) is 0 Å². The molecule has 0 aliphatic carbocycles. The zero-order chi connectivity index (χ0) is 14.8. The molecule has 1 unspecified atom stereocenters. The van der Waals surface area contributed by atoms with Gasteiger partial charge in [-0.2, -0.15) is 0 Å². The lowest BCUT2D eigenvalue weighted by atomic mass is 10.2. The lowest BCUT2D eigenvalue weighted by Gasteiger charge is -2.19. The third kappa shape index (κ3) is 2.67. The van der Waals surface area contributed by atoms with Gasteiger partial charge in [-0.15, -0.1) is 0 Å². The summed E-state index contributed by atoms with van der Waals surface area (Å²) >= 11 is 0. The van der Waals surface area contributed by atoms with Crippen molar-refractivity contribution in [2.75, 3.05) is 30.8 Å². The number of nitrogens with one attached hydrogen (secondary N) is 1. The molecule has 2 heterocycles. The monoisotopic (exact) mass is 287 g/mol. The molecule has 1 aliphatic rings. The van der Waals surface area contributed by atoms with Crippen LogP contribution < -0.4 is 16.0 Å². The third-order valence-corrected chi connectivity index (χ3v) is 3.63. The van der Waals surface area contributed by atoms with Crippen molar-refractivity contribution in [2.24, 2.45) is 0 Å². The molecule has 3 N–H and O–H groups in total. The summed E-state index contributed by atoms with van der Waals surface area (Å²) in [4.78, 5) is 22.0. The lowest BCUT2D eigenvalue weighted by Crippen LogP contribution is -2.37. The first-order valence-electron chi connectivity index (χ1n) is 6.77. The number of alkyl carbamates (subject to hydrolysis) is 1. The summed E-state index contributed by atoms with van der Waals surface area (Å²) in [6.45, 7) is 1.51. The summed E-state index contributed by atoms with van der Waals surface area (Å²) in [5.41, 5.74) is 7.40. The first-order chi connectivity index (χ1) is 10.2. The highest BCUT2D eigenvalue weighted by Crippen LogP contribution is 2.27. The Kier molecular flexibility index (Phi) is 3.47. The topological polar surface area (TPSA) is 93.4 Å². The van der Waals surface area contributed by atoms with Crippen LogP contribution in [0.4, 0.5) is 16.3 Å². The fourth-order valence-corrected chi connectivity index (χ4v) is 2.61. The quantitative estimate of drug-likeness (QED) is 0.805. The molecule has 0 bridgehead atoms. The molecule has 1 fully saturated rings. The van der Waals surface area contributed by atoms with Gasteiger partial charge in [-0.1, -0.05) is 0 Å². The van der Waals surface area contributed by atoms with Gasteiger partial charge in [0.15, 0.2) is 0 Å². The number of hydrogen-bond acceptors (Lipinski definition) is 6. The van der Waals surface area contributed by atoms with E-state index in [0.29, 0.717) is 12.2 Å². The molecule has 110 valence electrons. The number of methoxy groups -OCH3 is 1. The minimum atomic E-state index is -0.404. The molecule has 3 rings (SSSR count). The Balaban J connectivity index is 1.85. The summed E-state index contributed by atoms with van der Waals surface area (Å²) < 4.78 is 4.63. The molecular formula is C14H17N5O2. The van der Waals surface area contributed by atoms with Crippen LogP contribution in [0.15, 0.2) is 24.5 Å². The Hall–Kier alpha value is -2.57.